The number of rotatable bonds is 2. The van der Waals surface area contributed by atoms with Crippen molar-refractivity contribution < 1.29 is 0 Å². The minimum atomic E-state index is 0.515. The van der Waals surface area contributed by atoms with E-state index in [1.165, 1.54) is 4.70 Å². The van der Waals surface area contributed by atoms with Crippen LogP contribution in [0.2, 0.25) is 0 Å². The second-order valence-corrected chi connectivity index (χ2v) is 5.70. The molecule has 1 aromatic heterocycles. The molecule has 3 rings (SSSR count). The molecule has 3 aromatic rings. The average Bonchev–Trinajstić information content (AvgIpc) is 2.88. The second-order valence-electron chi connectivity index (χ2n) is 4.69. The van der Waals surface area contributed by atoms with Crippen molar-refractivity contribution >= 4 is 33.1 Å². The maximum atomic E-state index is 4.27. The van der Waals surface area contributed by atoms with Crippen LogP contribution in [0, 0.1) is 0 Å². The van der Waals surface area contributed by atoms with Gasteiger partial charge >= 0.3 is 0 Å². The van der Waals surface area contributed by atoms with Gasteiger partial charge in [-0.2, -0.15) is 0 Å². The summed E-state index contributed by atoms with van der Waals surface area (Å²) in [5.41, 5.74) is 1.94. The van der Waals surface area contributed by atoms with Crippen LogP contribution in [0.3, 0.4) is 0 Å². The first-order chi connectivity index (χ1) is 10.7. The lowest BCUT2D eigenvalue weighted by Gasteiger charge is -1.92. The molecule has 0 atom stereocenters. The predicted octanol–water partition coefficient (Wildman–Crippen LogP) is 4.26. The van der Waals surface area contributed by atoms with E-state index in [2.05, 4.69) is 32.6 Å². The Labute approximate surface area is 132 Å². The number of azo groups is 1. The molecule has 110 valence electrons. The van der Waals surface area contributed by atoms with Crippen LogP contribution in [0.5, 0.6) is 0 Å². The van der Waals surface area contributed by atoms with Crippen molar-refractivity contribution in [1.29, 1.82) is 0 Å². The minimum Gasteiger partial charge on any atom is -0.318 e. The molecule has 2 aromatic carbocycles. The maximum absolute atomic E-state index is 4.27. The lowest BCUT2D eigenvalue weighted by Crippen LogP contribution is -2.09. The molecule has 6 heteroatoms. The highest BCUT2D eigenvalue weighted by molar-refractivity contribution is 7.16. The van der Waals surface area contributed by atoms with Gasteiger partial charge in [0, 0.05) is 7.05 Å². The molecule has 1 heterocycles. The van der Waals surface area contributed by atoms with Gasteiger partial charge in [-0.1, -0.05) is 41.7 Å². The van der Waals surface area contributed by atoms with Gasteiger partial charge in [-0.05, 0) is 31.2 Å². The van der Waals surface area contributed by atoms with E-state index in [1.807, 2.05) is 54.1 Å². The molecule has 0 saturated heterocycles. The van der Waals surface area contributed by atoms with Gasteiger partial charge in [-0.15, -0.1) is 20.4 Å². The number of hydrogen-bond donors (Lipinski definition) is 0. The van der Waals surface area contributed by atoms with Gasteiger partial charge in [0.2, 0.25) is 4.80 Å². The van der Waals surface area contributed by atoms with Crippen LogP contribution in [-0.4, -0.2) is 10.4 Å². The topological polar surface area (TPSA) is 54.4 Å². The number of fused-ring (bicyclic) bond motifs is 1. The van der Waals surface area contributed by atoms with Crippen LogP contribution in [0.25, 0.3) is 10.2 Å². The minimum absolute atomic E-state index is 0.515. The molecule has 0 amide bonds. The lowest BCUT2D eigenvalue weighted by molar-refractivity contribution is 0.887. The zero-order valence-electron chi connectivity index (χ0n) is 12.3. The molecule has 0 aliphatic carbocycles. The van der Waals surface area contributed by atoms with E-state index >= 15 is 0 Å². The normalized spacial score (nSPS) is 13.4. The Bertz CT molecular complexity index is 903. The Kier molecular flexibility index (Phi) is 4.20. The van der Waals surface area contributed by atoms with Crippen LogP contribution in [0.4, 0.5) is 5.69 Å². The number of para-hydroxylation sites is 1. The van der Waals surface area contributed by atoms with E-state index in [0.29, 0.717) is 5.84 Å². The number of benzene rings is 2. The van der Waals surface area contributed by atoms with Crippen LogP contribution < -0.4 is 4.80 Å². The molecule has 22 heavy (non-hydrogen) atoms. The van der Waals surface area contributed by atoms with Crippen molar-refractivity contribution in [3.8, 4) is 0 Å². The molecule has 0 spiro atoms. The fourth-order valence-electron chi connectivity index (χ4n) is 1.94. The number of aryl methyl sites for hydroxylation is 1. The predicted molar refractivity (Wildman–Crippen MR) is 90.4 cm³/mol. The molecular weight excluding hydrogens is 294 g/mol. The molecule has 0 saturated carbocycles. The molecular formula is C16H15N5S. The van der Waals surface area contributed by atoms with Gasteiger partial charge < -0.3 is 4.57 Å². The van der Waals surface area contributed by atoms with E-state index in [-0.39, 0.29) is 0 Å². The van der Waals surface area contributed by atoms with E-state index < -0.39 is 0 Å². The van der Waals surface area contributed by atoms with Crippen molar-refractivity contribution in [2.75, 3.05) is 0 Å². The van der Waals surface area contributed by atoms with Gasteiger partial charge in [0.15, 0.2) is 5.84 Å². The third-order valence-electron chi connectivity index (χ3n) is 3.06. The van der Waals surface area contributed by atoms with Gasteiger partial charge in [-0.3, -0.25) is 0 Å². The van der Waals surface area contributed by atoms with Gasteiger partial charge in [-0.25, -0.2) is 0 Å². The first kappa shape index (κ1) is 14.3. The maximum Gasteiger partial charge on any atom is 0.211 e. The Hall–Kier alpha value is -2.60. The third kappa shape index (κ3) is 3.17. The summed E-state index contributed by atoms with van der Waals surface area (Å²) in [6.07, 6.45) is 0. The summed E-state index contributed by atoms with van der Waals surface area (Å²) >= 11 is 1.60. The number of hydrogen-bond acceptors (Lipinski definition) is 4. The zero-order chi connectivity index (χ0) is 15.4. The highest BCUT2D eigenvalue weighted by Gasteiger charge is 2.00. The van der Waals surface area contributed by atoms with Gasteiger partial charge in [0.05, 0.1) is 15.9 Å². The van der Waals surface area contributed by atoms with Crippen molar-refractivity contribution in [3.63, 3.8) is 0 Å². The van der Waals surface area contributed by atoms with Crippen LogP contribution in [0.15, 0.2) is 75.0 Å². The summed E-state index contributed by atoms with van der Waals surface area (Å²) in [7, 11) is 1.98. The molecule has 0 aliphatic rings. The molecule has 0 fully saturated rings. The molecule has 0 aliphatic heterocycles. The van der Waals surface area contributed by atoms with Crippen LogP contribution in [-0.2, 0) is 7.05 Å². The largest absolute Gasteiger partial charge is 0.318 e. The van der Waals surface area contributed by atoms with Gasteiger partial charge in [0.25, 0.3) is 0 Å². The van der Waals surface area contributed by atoms with Crippen molar-refractivity contribution in [1.82, 2.24) is 4.57 Å². The molecule has 0 unspecified atom stereocenters. The van der Waals surface area contributed by atoms with Gasteiger partial charge in [0.1, 0.15) is 0 Å². The Morgan fingerprint density at radius 1 is 1.00 bits per heavy atom. The average molecular weight is 309 g/mol. The van der Waals surface area contributed by atoms with Crippen LogP contribution >= 0.6 is 11.3 Å². The first-order valence-corrected chi connectivity index (χ1v) is 7.65. The fraction of sp³-hybridized carbons (Fsp3) is 0.125. The van der Waals surface area contributed by atoms with Crippen LogP contribution in [0.1, 0.15) is 6.92 Å². The smallest absolute Gasteiger partial charge is 0.211 e. The molecule has 0 N–H and O–H groups in total. The van der Waals surface area contributed by atoms with Crippen molar-refractivity contribution in [2.45, 2.75) is 6.92 Å². The quantitative estimate of drug-likeness (QED) is 0.294. The summed E-state index contributed by atoms with van der Waals surface area (Å²) in [4.78, 5) is 0.829. The first-order valence-electron chi connectivity index (χ1n) is 6.84. The van der Waals surface area contributed by atoms with Crippen molar-refractivity contribution in [3.05, 3.63) is 59.4 Å². The fourth-order valence-corrected chi connectivity index (χ4v) is 2.91. The summed E-state index contributed by atoms with van der Waals surface area (Å²) < 4.78 is 3.20. The zero-order valence-corrected chi connectivity index (χ0v) is 13.2. The molecule has 0 bridgehead atoms. The van der Waals surface area contributed by atoms with E-state index in [0.717, 1.165) is 16.0 Å². The molecule has 5 nitrogen and oxygen atoms in total. The second kappa shape index (κ2) is 6.44. The standard InChI is InChI=1S/C16H15N5S/c1-12(17-19-13-8-4-3-5-9-13)18-20-16-21(2)14-10-6-7-11-15(14)22-16/h3-11H,1-2H3. The Balaban J connectivity index is 1.87. The van der Waals surface area contributed by atoms with E-state index in [9.17, 15) is 0 Å². The third-order valence-corrected chi connectivity index (χ3v) is 4.16. The summed E-state index contributed by atoms with van der Waals surface area (Å²) in [5, 5.41) is 16.6. The highest BCUT2D eigenvalue weighted by Crippen LogP contribution is 2.15. The SMILES string of the molecule is CC(N=Nc1ccccc1)=NN=c1sc2ccccc2n1C. The number of nitrogens with zero attached hydrogens (tertiary/aromatic N) is 5. The monoisotopic (exact) mass is 309 g/mol. The van der Waals surface area contributed by atoms with E-state index in [1.54, 1.807) is 18.3 Å². The summed E-state index contributed by atoms with van der Waals surface area (Å²) in [6.45, 7) is 1.78. The summed E-state index contributed by atoms with van der Waals surface area (Å²) in [5.74, 6) is 0.515. The number of aromatic nitrogens is 1. The van der Waals surface area contributed by atoms with Crippen molar-refractivity contribution in [2.24, 2.45) is 27.5 Å². The number of amidine groups is 1. The lowest BCUT2D eigenvalue weighted by atomic mass is 10.3. The Morgan fingerprint density at radius 2 is 1.73 bits per heavy atom. The summed E-state index contributed by atoms with van der Waals surface area (Å²) in [6, 6.07) is 17.7. The highest BCUT2D eigenvalue weighted by atomic mass is 32.1. The Morgan fingerprint density at radius 3 is 2.50 bits per heavy atom. The number of thiazole rings is 1. The molecule has 0 radical (unpaired) electrons. The van der Waals surface area contributed by atoms with E-state index in [4.69, 9.17) is 0 Å².